The Morgan fingerprint density at radius 2 is 1.88 bits per heavy atom. The standard InChI is InChI=1S/C14H27NO2/c1-10-7-11(9-13(2,3)8-10)15(6)14(4,5)12(16)17/h10-11H,7-9H2,1-6H3,(H,16,17). The third-order valence-electron chi connectivity index (χ3n) is 4.32. The molecule has 100 valence electrons. The number of rotatable bonds is 3. The highest BCUT2D eigenvalue weighted by Gasteiger charge is 2.41. The van der Waals surface area contributed by atoms with Crippen molar-refractivity contribution in [3.63, 3.8) is 0 Å². The van der Waals surface area contributed by atoms with E-state index < -0.39 is 11.5 Å². The van der Waals surface area contributed by atoms with Crippen LogP contribution in [0, 0.1) is 11.3 Å². The van der Waals surface area contributed by atoms with Gasteiger partial charge in [-0.3, -0.25) is 9.69 Å². The average Bonchev–Trinajstić information content (AvgIpc) is 2.12. The molecule has 0 spiro atoms. The van der Waals surface area contributed by atoms with Crippen LogP contribution in [0.15, 0.2) is 0 Å². The van der Waals surface area contributed by atoms with Gasteiger partial charge in [-0.1, -0.05) is 20.8 Å². The largest absolute Gasteiger partial charge is 0.480 e. The third-order valence-corrected chi connectivity index (χ3v) is 4.32. The molecule has 3 heteroatoms. The molecule has 0 aromatic carbocycles. The topological polar surface area (TPSA) is 40.5 Å². The summed E-state index contributed by atoms with van der Waals surface area (Å²) in [7, 11) is 1.95. The van der Waals surface area contributed by atoms with Gasteiger partial charge in [0.25, 0.3) is 0 Å². The second-order valence-electron chi connectivity index (χ2n) is 7.04. The van der Waals surface area contributed by atoms with Crippen LogP contribution in [0.2, 0.25) is 0 Å². The van der Waals surface area contributed by atoms with Crippen LogP contribution in [-0.2, 0) is 4.79 Å². The molecule has 1 N–H and O–H groups in total. The van der Waals surface area contributed by atoms with Gasteiger partial charge in [-0.15, -0.1) is 0 Å². The number of carbonyl (C=O) groups is 1. The maximum atomic E-state index is 11.3. The number of nitrogens with zero attached hydrogens (tertiary/aromatic N) is 1. The minimum atomic E-state index is -0.780. The van der Waals surface area contributed by atoms with Crippen LogP contribution in [-0.4, -0.2) is 34.6 Å². The van der Waals surface area contributed by atoms with Crippen LogP contribution in [0.4, 0.5) is 0 Å². The fraction of sp³-hybridized carbons (Fsp3) is 0.929. The van der Waals surface area contributed by atoms with Crippen molar-refractivity contribution in [2.45, 2.75) is 65.5 Å². The van der Waals surface area contributed by atoms with Crippen molar-refractivity contribution in [1.29, 1.82) is 0 Å². The SMILES string of the molecule is CC1CC(N(C)C(C)(C)C(=O)O)CC(C)(C)C1. The first-order valence-corrected chi connectivity index (χ1v) is 6.52. The van der Waals surface area contributed by atoms with E-state index in [1.54, 1.807) is 13.8 Å². The molecule has 1 aliphatic carbocycles. The zero-order chi connectivity index (χ0) is 13.4. The summed E-state index contributed by atoms with van der Waals surface area (Å²) in [5.41, 5.74) is -0.455. The monoisotopic (exact) mass is 241 g/mol. The molecule has 3 nitrogen and oxygen atoms in total. The van der Waals surface area contributed by atoms with Crippen molar-refractivity contribution in [2.24, 2.45) is 11.3 Å². The van der Waals surface area contributed by atoms with E-state index in [0.29, 0.717) is 17.4 Å². The minimum absolute atomic E-state index is 0.325. The van der Waals surface area contributed by atoms with Crippen LogP contribution in [0.3, 0.4) is 0 Å². The van der Waals surface area contributed by atoms with Crippen molar-refractivity contribution in [2.75, 3.05) is 7.05 Å². The molecule has 1 fully saturated rings. The van der Waals surface area contributed by atoms with Gasteiger partial charge >= 0.3 is 5.97 Å². The Labute approximate surface area is 105 Å². The smallest absolute Gasteiger partial charge is 0.323 e. The Morgan fingerprint density at radius 1 is 1.35 bits per heavy atom. The highest BCUT2D eigenvalue weighted by molar-refractivity contribution is 5.77. The lowest BCUT2D eigenvalue weighted by atomic mass is 9.70. The van der Waals surface area contributed by atoms with Crippen LogP contribution in [0.5, 0.6) is 0 Å². The first-order valence-electron chi connectivity index (χ1n) is 6.52. The summed E-state index contributed by atoms with van der Waals surface area (Å²) in [6.07, 6.45) is 3.44. The van der Waals surface area contributed by atoms with E-state index in [9.17, 15) is 9.90 Å². The lowest BCUT2D eigenvalue weighted by Gasteiger charge is -2.46. The van der Waals surface area contributed by atoms with E-state index in [0.717, 1.165) is 12.8 Å². The van der Waals surface area contributed by atoms with Crippen molar-refractivity contribution in [3.8, 4) is 0 Å². The zero-order valence-corrected chi connectivity index (χ0v) is 12.1. The molecule has 1 aliphatic rings. The second kappa shape index (κ2) is 4.60. The summed E-state index contributed by atoms with van der Waals surface area (Å²) in [5.74, 6) is -0.0631. The molecule has 1 saturated carbocycles. The Hall–Kier alpha value is -0.570. The number of carboxylic acids is 1. The molecule has 1 rings (SSSR count). The third kappa shape index (κ3) is 3.21. The summed E-state index contributed by atoms with van der Waals surface area (Å²) in [5, 5.41) is 9.30. The molecule has 0 heterocycles. The molecule has 0 bridgehead atoms. The number of hydrogen-bond acceptors (Lipinski definition) is 2. The fourth-order valence-electron chi connectivity index (χ4n) is 3.20. The molecule has 2 atom stereocenters. The minimum Gasteiger partial charge on any atom is -0.480 e. The summed E-state index contributed by atoms with van der Waals surface area (Å²) in [6, 6.07) is 0.375. The molecule has 2 unspecified atom stereocenters. The van der Waals surface area contributed by atoms with E-state index in [1.165, 1.54) is 6.42 Å². The average molecular weight is 241 g/mol. The highest BCUT2D eigenvalue weighted by Crippen LogP contribution is 2.41. The molecular weight excluding hydrogens is 214 g/mol. The van der Waals surface area contributed by atoms with Gasteiger partial charge in [0.1, 0.15) is 5.54 Å². The van der Waals surface area contributed by atoms with Gasteiger partial charge in [0.15, 0.2) is 0 Å². The quantitative estimate of drug-likeness (QED) is 0.825. The van der Waals surface area contributed by atoms with Gasteiger partial charge < -0.3 is 5.11 Å². The van der Waals surface area contributed by atoms with Gasteiger partial charge in [-0.2, -0.15) is 0 Å². The Morgan fingerprint density at radius 3 is 2.29 bits per heavy atom. The number of likely N-dealkylation sites (N-methyl/N-ethyl adjacent to an activating group) is 1. The number of aliphatic carboxylic acids is 1. The molecular formula is C14H27NO2. The normalized spacial score (nSPS) is 29.4. The number of hydrogen-bond donors (Lipinski definition) is 1. The first kappa shape index (κ1) is 14.5. The first-order chi connectivity index (χ1) is 7.56. The summed E-state index contributed by atoms with van der Waals surface area (Å²) >= 11 is 0. The second-order valence-corrected chi connectivity index (χ2v) is 7.04. The van der Waals surface area contributed by atoms with Gasteiger partial charge in [0.05, 0.1) is 0 Å². The fourth-order valence-corrected chi connectivity index (χ4v) is 3.20. The van der Waals surface area contributed by atoms with Crippen LogP contribution in [0.25, 0.3) is 0 Å². The van der Waals surface area contributed by atoms with Gasteiger partial charge in [-0.05, 0) is 51.5 Å². The maximum absolute atomic E-state index is 11.3. The van der Waals surface area contributed by atoms with E-state index in [4.69, 9.17) is 0 Å². The summed E-state index contributed by atoms with van der Waals surface area (Å²) < 4.78 is 0. The highest BCUT2D eigenvalue weighted by atomic mass is 16.4. The Balaban J connectivity index is 2.82. The van der Waals surface area contributed by atoms with Crippen molar-refractivity contribution >= 4 is 5.97 Å². The van der Waals surface area contributed by atoms with Crippen molar-refractivity contribution in [3.05, 3.63) is 0 Å². The van der Waals surface area contributed by atoms with Crippen LogP contribution < -0.4 is 0 Å². The zero-order valence-electron chi connectivity index (χ0n) is 12.1. The van der Waals surface area contributed by atoms with Crippen LogP contribution in [0.1, 0.15) is 53.9 Å². The van der Waals surface area contributed by atoms with E-state index in [-0.39, 0.29) is 0 Å². The predicted octanol–water partition coefficient (Wildman–Crippen LogP) is 3.00. The van der Waals surface area contributed by atoms with Gasteiger partial charge in [-0.25, -0.2) is 0 Å². The molecule has 0 radical (unpaired) electrons. The molecule has 0 aliphatic heterocycles. The summed E-state index contributed by atoms with van der Waals surface area (Å²) in [4.78, 5) is 13.4. The van der Waals surface area contributed by atoms with Gasteiger partial charge in [0.2, 0.25) is 0 Å². The van der Waals surface area contributed by atoms with E-state index >= 15 is 0 Å². The van der Waals surface area contributed by atoms with Gasteiger partial charge in [0, 0.05) is 6.04 Å². The van der Waals surface area contributed by atoms with Crippen molar-refractivity contribution < 1.29 is 9.90 Å². The predicted molar refractivity (Wildman–Crippen MR) is 70.1 cm³/mol. The van der Waals surface area contributed by atoms with Crippen LogP contribution >= 0.6 is 0 Å². The molecule has 0 aromatic rings. The maximum Gasteiger partial charge on any atom is 0.323 e. The lowest BCUT2D eigenvalue weighted by molar-refractivity contribution is -0.151. The van der Waals surface area contributed by atoms with Crippen molar-refractivity contribution in [1.82, 2.24) is 4.90 Å². The van der Waals surface area contributed by atoms with E-state index in [2.05, 4.69) is 20.8 Å². The molecule has 0 amide bonds. The number of carboxylic acid groups (broad SMARTS) is 1. The Kier molecular flexibility index (Phi) is 3.92. The molecule has 0 saturated heterocycles. The summed E-state index contributed by atoms with van der Waals surface area (Å²) in [6.45, 7) is 10.4. The lowest BCUT2D eigenvalue weighted by Crippen LogP contribution is -2.55. The molecule has 0 aromatic heterocycles. The Bertz CT molecular complexity index is 297. The van der Waals surface area contributed by atoms with E-state index in [1.807, 2.05) is 11.9 Å². The molecule has 17 heavy (non-hydrogen) atoms.